The molecule has 1 atom stereocenters. The Morgan fingerprint density at radius 1 is 2.00 bits per heavy atom. The Labute approximate surface area is 40.5 Å². The van der Waals surface area contributed by atoms with Crippen LogP contribution in [0.3, 0.4) is 0 Å². The van der Waals surface area contributed by atoms with Crippen LogP contribution in [0.2, 0.25) is 0 Å². The standard InChI is InChI=1S/C3H9NOSi/c1-2-3(4)5-6/h2-3H,1,4H2,6H3. The van der Waals surface area contributed by atoms with Gasteiger partial charge in [0.05, 0.1) is 0 Å². The number of hydrogen-bond acceptors (Lipinski definition) is 2. The highest BCUT2D eigenvalue weighted by Gasteiger charge is 1.82. The van der Waals surface area contributed by atoms with Crippen molar-refractivity contribution in [3.8, 4) is 0 Å². The second kappa shape index (κ2) is 3.08. The summed E-state index contributed by atoms with van der Waals surface area (Å²) in [4.78, 5) is 0. The van der Waals surface area contributed by atoms with Crippen LogP contribution in [0.1, 0.15) is 0 Å². The fourth-order valence-corrected chi connectivity index (χ4v) is 0.289. The first-order valence-electron chi connectivity index (χ1n) is 1.72. The van der Waals surface area contributed by atoms with E-state index in [0.29, 0.717) is 10.5 Å². The highest BCUT2D eigenvalue weighted by Crippen LogP contribution is 1.72. The van der Waals surface area contributed by atoms with E-state index in [9.17, 15) is 0 Å². The summed E-state index contributed by atoms with van der Waals surface area (Å²) in [6.45, 7) is 3.40. The van der Waals surface area contributed by atoms with Crippen molar-refractivity contribution in [1.29, 1.82) is 0 Å². The molecule has 36 valence electrons. The minimum atomic E-state index is -0.239. The largest absolute Gasteiger partial charge is 0.410 e. The van der Waals surface area contributed by atoms with Crippen molar-refractivity contribution >= 4 is 10.5 Å². The Bertz CT molecular complexity index is 48.1. The average Bonchev–Trinajstić information content (AvgIpc) is 1.65. The molecular formula is C3H9NOSi. The molecule has 0 aliphatic heterocycles. The van der Waals surface area contributed by atoms with Gasteiger partial charge in [0.15, 0.2) is 0 Å². The Hall–Kier alpha value is -0.123. The van der Waals surface area contributed by atoms with Gasteiger partial charge < -0.3 is 10.2 Å². The van der Waals surface area contributed by atoms with Crippen LogP contribution >= 0.6 is 0 Å². The van der Waals surface area contributed by atoms with Crippen molar-refractivity contribution in [3.05, 3.63) is 12.7 Å². The molecular weight excluding hydrogens is 94.1 g/mol. The van der Waals surface area contributed by atoms with Crippen LogP contribution < -0.4 is 5.73 Å². The maximum Gasteiger partial charge on any atom is 0.148 e. The fourth-order valence-electron chi connectivity index (χ4n) is 0.0962. The molecule has 0 heterocycles. The van der Waals surface area contributed by atoms with E-state index in [1.807, 2.05) is 0 Å². The molecule has 0 saturated heterocycles. The molecule has 0 amide bonds. The van der Waals surface area contributed by atoms with Crippen LogP contribution in [0.4, 0.5) is 0 Å². The average molecular weight is 103 g/mol. The minimum absolute atomic E-state index is 0.239. The van der Waals surface area contributed by atoms with Crippen LogP contribution in [-0.2, 0) is 4.43 Å². The number of hydrogen-bond donors (Lipinski definition) is 1. The molecule has 0 rings (SSSR count). The SMILES string of the molecule is C=CC(N)O[SiH3]. The zero-order chi connectivity index (χ0) is 4.99. The minimum Gasteiger partial charge on any atom is -0.410 e. The third kappa shape index (κ3) is 2.13. The molecule has 2 nitrogen and oxygen atoms in total. The van der Waals surface area contributed by atoms with E-state index >= 15 is 0 Å². The normalized spacial score (nSPS) is 14.2. The van der Waals surface area contributed by atoms with Crippen molar-refractivity contribution in [3.63, 3.8) is 0 Å². The second-order valence-corrected chi connectivity index (χ2v) is 1.41. The summed E-state index contributed by atoms with van der Waals surface area (Å²) in [7, 11) is 0.686. The van der Waals surface area contributed by atoms with Crippen molar-refractivity contribution in [2.75, 3.05) is 0 Å². The molecule has 6 heavy (non-hydrogen) atoms. The summed E-state index contributed by atoms with van der Waals surface area (Å²) < 4.78 is 4.70. The highest BCUT2D eigenvalue weighted by molar-refractivity contribution is 5.98. The fraction of sp³-hybridized carbons (Fsp3) is 0.333. The van der Waals surface area contributed by atoms with Crippen LogP contribution in [0.15, 0.2) is 12.7 Å². The van der Waals surface area contributed by atoms with E-state index in [1.165, 1.54) is 0 Å². The summed E-state index contributed by atoms with van der Waals surface area (Å²) in [6.07, 6.45) is 1.32. The summed E-state index contributed by atoms with van der Waals surface area (Å²) in [5, 5.41) is 0. The summed E-state index contributed by atoms with van der Waals surface area (Å²) >= 11 is 0. The Morgan fingerprint density at radius 2 is 2.50 bits per heavy atom. The van der Waals surface area contributed by atoms with Crippen molar-refractivity contribution < 1.29 is 4.43 Å². The predicted molar refractivity (Wildman–Crippen MR) is 29.2 cm³/mol. The van der Waals surface area contributed by atoms with Gasteiger partial charge in [-0.15, -0.1) is 0 Å². The molecule has 0 aliphatic carbocycles. The number of rotatable bonds is 2. The van der Waals surface area contributed by atoms with Crippen LogP contribution in [0.25, 0.3) is 0 Å². The lowest BCUT2D eigenvalue weighted by molar-refractivity contribution is 0.284. The molecule has 0 fully saturated rings. The first-order chi connectivity index (χ1) is 2.81. The van der Waals surface area contributed by atoms with Gasteiger partial charge in [-0.3, -0.25) is 0 Å². The highest BCUT2D eigenvalue weighted by atomic mass is 28.2. The molecule has 0 bridgehead atoms. The Morgan fingerprint density at radius 3 is 2.50 bits per heavy atom. The van der Waals surface area contributed by atoms with Gasteiger partial charge in [0.1, 0.15) is 16.7 Å². The lowest BCUT2D eigenvalue weighted by Gasteiger charge is -1.98. The van der Waals surface area contributed by atoms with Gasteiger partial charge in [-0.25, -0.2) is 0 Å². The maximum atomic E-state index is 5.17. The van der Waals surface area contributed by atoms with Crippen LogP contribution in [-0.4, -0.2) is 16.7 Å². The monoisotopic (exact) mass is 103 g/mol. The van der Waals surface area contributed by atoms with E-state index < -0.39 is 0 Å². The zero-order valence-electron chi connectivity index (χ0n) is 3.85. The molecule has 0 aromatic heterocycles. The van der Waals surface area contributed by atoms with Crippen LogP contribution in [0, 0.1) is 0 Å². The van der Waals surface area contributed by atoms with Crippen LogP contribution in [0.5, 0.6) is 0 Å². The molecule has 0 aromatic carbocycles. The van der Waals surface area contributed by atoms with E-state index in [2.05, 4.69) is 6.58 Å². The van der Waals surface area contributed by atoms with E-state index in [-0.39, 0.29) is 6.23 Å². The molecule has 0 saturated carbocycles. The molecule has 1 unspecified atom stereocenters. The third-order valence-electron chi connectivity index (χ3n) is 0.504. The lowest BCUT2D eigenvalue weighted by Crippen LogP contribution is -2.18. The van der Waals surface area contributed by atoms with Gasteiger partial charge in [0.2, 0.25) is 0 Å². The van der Waals surface area contributed by atoms with Gasteiger partial charge in [0, 0.05) is 0 Å². The molecule has 0 aromatic rings. The molecule has 2 N–H and O–H groups in total. The zero-order valence-corrected chi connectivity index (χ0v) is 5.85. The molecule has 3 heteroatoms. The van der Waals surface area contributed by atoms with Gasteiger partial charge in [-0.2, -0.15) is 0 Å². The quantitative estimate of drug-likeness (QED) is 0.269. The first kappa shape index (κ1) is 5.88. The van der Waals surface area contributed by atoms with E-state index in [4.69, 9.17) is 10.2 Å². The lowest BCUT2D eigenvalue weighted by atomic mass is 10.6. The van der Waals surface area contributed by atoms with Crippen molar-refractivity contribution in [2.45, 2.75) is 6.23 Å². The van der Waals surface area contributed by atoms with E-state index in [1.54, 1.807) is 6.08 Å². The molecule has 0 radical (unpaired) electrons. The smallest absolute Gasteiger partial charge is 0.148 e. The maximum absolute atomic E-state index is 5.17. The van der Waals surface area contributed by atoms with Gasteiger partial charge in [-0.05, 0) is 6.08 Å². The molecule has 0 spiro atoms. The van der Waals surface area contributed by atoms with Crippen molar-refractivity contribution in [2.24, 2.45) is 5.73 Å². The van der Waals surface area contributed by atoms with Gasteiger partial charge >= 0.3 is 0 Å². The Kier molecular flexibility index (Phi) is 3.02. The van der Waals surface area contributed by atoms with Gasteiger partial charge in [0.25, 0.3) is 0 Å². The molecule has 0 aliphatic rings. The summed E-state index contributed by atoms with van der Waals surface area (Å²) in [5.41, 5.74) is 5.17. The summed E-state index contributed by atoms with van der Waals surface area (Å²) in [5.74, 6) is 0. The topological polar surface area (TPSA) is 35.2 Å². The van der Waals surface area contributed by atoms with Gasteiger partial charge in [-0.1, -0.05) is 6.58 Å². The third-order valence-corrected chi connectivity index (χ3v) is 1.05. The first-order valence-corrected chi connectivity index (χ1v) is 2.54. The predicted octanol–water partition coefficient (Wildman–Crippen LogP) is -1.25. The van der Waals surface area contributed by atoms with E-state index in [0.717, 1.165) is 0 Å². The Balaban J connectivity index is 2.96. The number of nitrogens with two attached hydrogens (primary N) is 1. The van der Waals surface area contributed by atoms with Crippen molar-refractivity contribution in [1.82, 2.24) is 0 Å². The second-order valence-electron chi connectivity index (χ2n) is 0.936. The summed E-state index contributed by atoms with van der Waals surface area (Å²) in [6, 6.07) is 0.